The Morgan fingerprint density at radius 1 is 1.00 bits per heavy atom. The second-order valence-corrected chi connectivity index (χ2v) is 5.84. The van der Waals surface area contributed by atoms with E-state index in [0.29, 0.717) is 22.5 Å². The van der Waals surface area contributed by atoms with Crippen LogP contribution in [-0.2, 0) is 6.54 Å². The van der Waals surface area contributed by atoms with Crippen molar-refractivity contribution < 1.29 is 13.9 Å². The van der Waals surface area contributed by atoms with Crippen molar-refractivity contribution >= 4 is 17.6 Å². The van der Waals surface area contributed by atoms with Gasteiger partial charge in [0, 0.05) is 29.7 Å². The van der Waals surface area contributed by atoms with E-state index in [2.05, 4.69) is 15.0 Å². The maximum Gasteiger partial charge on any atom is 0.163 e. The van der Waals surface area contributed by atoms with Gasteiger partial charge in [0.25, 0.3) is 0 Å². The molecule has 0 saturated carbocycles. The van der Waals surface area contributed by atoms with E-state index in [-0.39, 0.29) is 12.1 Å². The van der Waals surface area contributed by atoms with Gasteiger partial charge in [0.2, 0.25) is 0 Å². The van der Waals surface area contributed by atoms with E-state index >= 15 is 0 Å². The topological polar surface area (TPSA) is 61.6 Å². The fraction of sp³-hybridized carbons (Fsp3) is 0.105. The first-order chi connectivity index (χ1) is 12.6. The van der Waals surface area contributed by atoms with Gasteiger partial charge >= 0.3 is 0 Å². The Bertz CT molecular complexity index is 955. The van der Waals surface area contributed by atoms with Gasteiger partial charge in [-0.2, -0.15) is 0 Å². The standard InChI is InChI=1S/C19H14F2N4O/c20-15-6-13(12-2-1-4-22-8-12)7-16(21)14(15)11-25-18-9-23-5-3-17(18)24-10-19(25)26/h1-10,19,26H,11H2. The van der Waals surface area contributed by atoms with Gasteiger partial charge in [-0.05, 0) is 29.8 Å². The van der Waals surface area contributed by atoms with Crippen LogP contribution in [0.25, 0.3) is 11.1 Å². The van der Waals surface area contributed by atoms with Gasteiger partial charge in [-0.3, -0.25) is 15.0 Å². The molecule has 5 nitrogen and oxygen atoms in total. The second kappa shape index (κ2) is 6.61. The maximum absolute atomic E-state index is 14.6. The highest BCUT2D eigenvalue weighted by Crippen LogP contribution is 2.33. The Morgan fingerprint density at radius 2 is 1.77 bits per heavy atom. The third-order valence-corrected chi connectivity index (χ3v) is 4.22. The molecule has 0 saturated heterocycles. The summed E-state index contributed by atoms with van der Waals surface area (Å²) in [5, 5.41) is 10.2. The van der Waals surface area contributed by atoms with E-state index in [0.717, 1.165) is 0 Å². The number of nitrogens with zero attached hydrogens (tertiary/aromatic N) is 4. The van der Waals surface area contributed by atoms with Crippen LogP contribution in [0.5, 0.6) is 0 Å². The summed E-state index contributed by atoms with van der Waals surface area (Å²) in [4.78, 5) is 13.5. The van der Waals surface area contributed by atoms with Crippen molar-refractivity contribution in [2.75, 3.05) is 4.90 Å². The summed E-state index contributed by atoms with van der Waals surface area (Å²) in [5.74, 6) is -1.38. The van der Waals surface area contributed by atoms with Crippen LogP contribution in [0.1, 0.15) is 5.56 Å². The van der Waals surface area contributed by atoms with Gasteiger partial charge < -0.3 is 10.0 Å². The largest absolute Gasteiger partial charge is 0.368 e. The first kappa shape index (κ1) is 16.3. The monoisotopic (exact) mass is 352 g/mol. The fourth-order valence-electron chi connectivity index (χ4n) is 2.88. The van der Waals surface area contributed by atoms with Gasteiger partial charge in [-0.25, -0.2) is 8.78 Å². The van der Waals surface area contributed by atoms with E-state index in [1.165, 1.54) is 29.4 Å². The Balaban J connectivity index is 1.70. The van der Waals surface area contributed by atoms with Gasteiger partial charge in [0.1, 0.15) is 11.6 Å². The van der Waals surface area contributed by atoms with Crippen molar-refractivity contribution in [3.63, 3.8) is 0 Å². The molecule has 26 heavy (non-hydrogen) atoms. The third-order valence-electron chi connectivity index (χ3n) is 4.22. The van der Waals surface area contributed by atoms with E-state index in [4.69, 9.17) is 0 Å². The van der Waals surface area contributed by atoms with Crippen molar-refractivity contribution in [1.82, 2.24) is 9.97 Å². The Labute approximate surface area is 148 Å². The van der Waals surface area contributed by atoms with Gasteiger partial charge in [-0.1, -0.05) is 6.07 Å². The van der Waals surface area contributed by atoms with Crippen molar-refractivity contribution in [2.45, 2.75) is 12.8 Å². The molecule has 7 heteroatoms. The van der Waals surface area contributed by atoms with Crippen molar-refractivity contribution in [3.05, 3.63) is 72.3 Å². The predicted octanol–water partition coefficient (Wildman–Crippen LogP) is 3.46. The molecule has 1 aliphatic rings. The quantitative estimate of drug-likeness (QED) is 0.784. The molecule has 0 fully saturated rings. The molecular formula is C19H14F2N4O. The maximum atomic E-state index is 14.6. The molecule has 0 radical (unpaired) electrons. The molecule has 3 aromatic rings. The van der Waals surface area contributed by atoms with Crippen LogP contribution in [0.4, 0.5) is 20.2 Å². The molecule has 4 rings (SSSR count). The summed E-state index contributed by atoms with van der Waals surface area (Å²) >= 11 is 0. The number of aromatic nitrogens is 2. The van der Waals surface area contributed by atoms with Crippen LogP contribution in [0, 0.1) is 11.6 Å². The number of hydrogen-bond donors (Lipinski definition) is 1. The minimum atomic E-state index is -1.09. The SMILES string of the molecule is OC1C=Nc2ccncc2N1Cc1c(F)cc(-c2cccnc2)cc1F. The number of pyridine rings is 2. The zero-order valence-electron chi connectivity index (χ0n) is 13.5. The van der Waals surface area contributed by atoms with Gasteiger partial charge in [0.05, 0.1) is 30.3 Å². The summed E-state index contributed by atoms with van der Waals surface area (Å²) in [7, 11) is 0. The Kier molecular flexibility index (Phi) is 4.14. The molecule has 130 valence electrons. The van der Waals surface area contributed by atoms with Crippen LogP contribution in [0.2, 0.25) is 0 Å². The molecule has 2 aromatic heterocycles. The molecule has 3 heterocycles. The number of fused-ring (bicyclic) bond motifs is 1. The highest BCUT2D eigenvalue weighted by molar-refractivity contribution is 5.82. The molecule has 1 aliphatic heterocycles. The molecule has 1 N–H and O–H groups in total. The van der Waals surface area contributed by atoms with Crippen LogP contribution in [0.3, 0.4) is 0 Å². The van der Waals surface area contributed by atoms with Gasteiger partial charge in [0.15, 0.2) is 6.23 Å². The fourth-order valence-corrected chi connectivity index (χ4v) is 2.88. The van der Waals surface area contributed by atoms with Crippen LogP contribution in [-0.4, -0.2) is 27.5 Å². The molecule has 0 spiro atoms. The summed E-state index contributed by atoms with van der Waals surface area (Å²) < 4.78 is 29.3. The average Bonchev–Trinajstić information content (AvgIpc) is 2.66. The van der Waals surface area contributed by atoms with Crippen molar-refractivity contribution in [2.24, 2.45) is 4.99 Å². The van der Waals surface area contributed by atoms with E-state index in [1.54, 1.807) is 36.8 Å². The molecule has 1 aromatic carbocycles. The normalized spacial score (nSPS) is 15.8. The molecule has 0 amide bonds. The highest BCUT2D eigenvalue weighted by atomic mass is 19.1. The minimum Gasteiger partial charge on any atom is -0.368 e. The summed E-state index contributed by atoms with van der Waals surface area (Å²) in [6.45, 7) is -0.156. The summed E-state index contributed by atoms with van der Waals surface area (Å²) in [6, 6.07) is 7.64. The van der Waals surface area contributed by atoms with E-state index in [9.17, 15) is 13.9 Å². The van der Waals surface area contributed by atoms with E-state index < -0.39 is 17.9 Å². The number of anilines is 1. The average molecular weight is 352 g/mol. The second-order valence-electron chi connectivity index (χ2n) is 5.84. The lowest BCUT2D eigenvalue weighted by molar-refractivity contribution is 0.235. The number of hydrogen-bond acceptors (Lipinski definition) is 5. The number of aliphatic hydroxyl groups is 1. The lowest BCUT2D eigenvalue weighted by atomic mass is 10.0. The zero-order valence-corrected chi connectivity index (χ0v) is 13.5. The Morgan fingerprint density at radius 3 is 2.50 bits per heavy atom. The lowest BCUT2D eigenvalue weighted by Gasteiger charge is -2.31. The number of aliphatic imine (C=N–C) groups is 1. The van der Waals surface area contributed by atoms with Crippen molar-refractivity contribution in [3.8, 4) is 11.1 Å². The van der Waals surface area contributed by atoms with E-state index in [1.807, 2.05) is 0 Å². The number of aliphatic hydroxyl groups excluding tert-OH is 1. The molecular weight excluding hydrogens is 338 g/mol. The number of rotatable bonds is 3. The van der Waals surface area contributed by atoms with Gasteiger partial charge in [-0.15, -0.1) is 0 Å². The first-order valence-electron chi connectivity index (χ1n) is 7.95. The molecule has 0 aliphatic carbocycles. The smallest absolute Gasteiger partial charge is 0.163 e. The number of halogens is 2. The highest BCUT2D eigenvalue weighted by Gasteiger charge is 2.25. The van der Waals surface area contributed by atoms with Crippen LogP contribution >= 0.6 is 0 Å². The number of benzene rings is 1. The lowest BCUT2D eigenvalue weighted by Crippen LogP contribution is -2.38. The summed E-state index contributed by atoms with van der Waals surface area (Å²) in [6.07, 6.45) is 6.44. The van der Waals surface area contributed by atoms with Crippen LogP contribution < -0.4 is 4.90 Å². The predicted molar refractivity (Wildman–Crippen MR) is 94.2 cm³/mol. The summed E-state index contributed by atoms with van der Waals surface area (Å²) in [5.41, 5.74) is 1.98. The molecule has 0 bridgehead atoms. The molecule has 1 atom stereocenters. The minimum absolute atomic E-state index is 0.137. The van der Waals surface area contributed by atoms with Crippen molar-refractivity contribution in [1.29, 1.82) is 0 Å². The Hall–Kier alpha value is -3.19. The molecule has 1 unspecified atom stereocenters. The third kappa shape index (κ3) is 2.93. The first-order valence-corrected chi connectivity index (χ1v) is 7.95. The zero-order chi connectivity index (χ0) is 18.1. The van der Waals surface area contributed by atoms with Crippen LogP contribution in [0.15, 0.2) is 60.1 Å².